The third-order valence-electron chi connectivity index (χ3n) is 4.85. The van der Waals surface area contributed by atoms with Gasteiger partial charge in [0.2, 0.25) is 5.91 Å². The minimum absolute atomic E-state index is 0.0295. The number of carbonyl (C=O) groups is 1. The summed E-state index contributed by atoms with van der Waals surface area (Å²) in [6, 6.07) is 4.63. The molecule has 2 aromatic rings. The van der Waals surface area contributed by atoms with E-state index in [1.54, 1.807) is 0 Å². The third kappa shape index (κ3) is 4.25. The molecule has 3 heterocycles. The fraction of sp³-hybridized carbons (Fsp3) is 0.526. The van der Waals surface area contributed by atoms with Crippen LogP contribution >= 0.6 is 0 Å². The number of nitrogens with one attached hydrogen (secondary N) is 1. The lowest BCUT2D eigenvalue weighted by molar-refractivity contribution is -0.119. The monoisotopic (exact) mass is 341 g/mol. The van der Waals surface area contributed by atoms with Crippen LogP contribution in [0.25, 0.3) is 0 Å². The molecule has 2 aromatic heterocycles. The average Bonchev–Trinajstić information content (AvgIpc) is 3.20. The van der Waals surface area contributed by atoms with Gasteiger partial charge in [0.1, 0.15) is 0 Å². The molecule has 0 saturated carbocycles. The first-order valence-corrected chi connectivity index (χ1v) is 9.03. The van der Waals surface area contributed by atoms with Gasteiger partial charge in [0.15, 0.2) is 0 Å². The molecule has 1 aliphatic rings. The van der Waals surface area contributed by atoms with E-state index in [-0.39, 0.29) is 5.91 Å². The van der Waals surface area contributed by atoms with Crippen LogP contribution in [0.15, 0.2) is 24.5 Å². The Bertz CT molecular complexity index is 739. The fourth-order valence-corrected chi connectivity index (χ4v) is 3.50. The summed E-state index contributed by atoms with van der Waals surface area (Å²) in [5.74, 6) is -0.0295. The molecule has 3 rings (SSSR count). The normalized spacial score (nSPS) is 17.8. The molecule has 1 fully saturated rings. The molecule has 25 heavy (non-hydrogen) atoms. The highest BCUT2D eigenvalue weighted by atomic mass is 16.1. The number of pyridine rings is 1. The zero-order chi connectivity index (χ0) is 17.8. The minimum atomic E-state index is -0.0295. The van der Waals surface area contributed by atoms with Crippen LogP contribution in [0.3, 0.4) is 0 Å². The Hall–Kier alpha value is -2.21. The Morgan fingerprint density at radius 2 is 2.28 bits per heavy atom. The van der Waals surface area contributed by atoms with Crippen LogP contribution in [0.5, 0.6) is 0 Å². The molecule has 0 unspecified atom stereocenters. The van der Waals surface area contributed by atoms with Crippen LogP contribution in [0.2, 0.25) is 0 Å². The lowest BCUT2D eigenvalue weighted by atomic mass is 10.0. The Morgan fingerprint density at radius 1 is 1.44 bits per heavy atom. The van der Waals surface area contributed by atoms with Gasteiger partial charge in [0, 0.05) is 44.0 Å². The van der Waals surface area contributed by atoms with Gasteiger partial charge < -0.3 is 5.32 Å². The van der Waals surface area contributed by atoms with E-state index in [0.717, 1.165) is 37.4 Å². The second-order valence-corrected chi connectivity index (χ2v) is 6.71. The van der Waals surface area contributed by atoms with Crippen LogP contribution in [-0.2, 0) is 24.4 Å². The van der Waals surface area contributed by atoms with Gasteiger partial charge in [0.05, 0.1) is 17.9 Å². The van der Waals surface area contributed by atoms with Gasteiger partial charge >= 0.3 is 0 Å². The van der Waals surface area contributed by atoms with E-state index in [1.165, 1.54) is 24.5 Å². The molecule has 6 heteroatoms. The molecule has 0 spiro atoms. The Balaban J connectivity index is 1.73. The standard InChI is InChI=1S/C19H27N5O/c1-4-24-13-17(14(2)22-24)12-23-9-5-6-19(23)16-7-8-20-18(10-16)11-21-15(3)25/h7-8,10,13,19H,4-6,9,11-12H2,1-3H3,(H,21,25)/t19-/m1/s1. The van der Waals surface area contributed by atoms with Gasteiger partial charge in [0.25, 0.3) is 0 Å². The van der Waals surface area contributed by atoms with Crippen LogP contribution in [0.4, 0.5) is 0 Å². The molecule has 1 saturated heterocycles. The minimum Gasteiger partial charge on any atom is -0.351 e. The highest BCUT2D eigenvalue weighted by Gasteiger charge is 2.27. The Labute approximate surface area is 149 Å². The first kappa shape index (κ1) is 17.6. The average molecular weight is 341 g/mol. The summed E-state index contributed by atoms with van der Waals surface area (Å²) in [5, 5.41) is 7.38. The maximum Gasteiger partial charge on any atom is 0.217 e. The summed E-state index contributed by atoms with van der Waals surface area (Å²) < 4.78 is 2.01. The summed E-state index contributed by atoms with van der Waals surface area (Å²) in [7, 11) is 0. The number of amides is 1. The number of nitrogens with zero attached hydrogens (tertiary/aromatic N) is 4. The maximum atomic E-state index is 11.1. The van der Waals surface area contributed by atoms with E-state index in [0.29, 0.717) is 12.6 Å². The predicted molar refractivity (Wildman–Crippen MR) is 96.8 cm³/mol. The second-order valence-electron chi connectivity index (χ2n) is 6.71. The summed E-state index contributed by atoms with van der Waals surface area (Å²) in [6.07, 6.45) is 6.38. The summed E-state index contributed by atoms with van der Waals surface area (Å²) in [6.45, 7) is 9.15. The van der Waals surface area contributed by atoms with Crippen molar-refractivity contribution in [2.24, 2.45) is 0 Å². The number of hydrogen-bond acceptors (Lipinski definition) is 4. The number of rotatable bonds is 6. The molecular formula is C19H27N5O. The van der Waals surface area contributed by atoms with Crippen molar-refractivity contribution in [1.29, 1.82) is 0 Å². The van der Waals surface area contributed by atoms with Gasteiger partial charge in [-0.15, -0.1) is 0 Å². The Kier molecular flexibility index (Phi) is 5.48. The molecule has 0 bridgehead atoms. The molecule has 1 N–H and O–H groups in total. The first-order valence-electron chi connectivity index (χ1n) is 9.03. The first-order chi connectivity index (χ1) is 12.1. The van der Waals surface area contributed by atoms with Crippen molar-refractivity contribution >= 4 is 5.91 Å². The fourth-order valence-electron chi connectivity index (χ4n) is 3.50. The second kappa shape index (κ2) is 7.78. The van der Waals surface area contributed by atoms with Crippen molar-refractivity contribution in [2.75, 3.05) is 6.54 Å². The zero-order valence-corrected chi connectivity index (χ0v) is 15.3. The lowest BCUT2D eigenvalue weighted by Crippen LogP contribution is -2.24. The van der Waals surface area contributed by atoms with Crippen LogP contribution in [-0.4, -0.2) is 32.1 Å². The molecular weight excluding hydrogens is 314 g/mol. The number of aryl methyl sites for hydroxylation is 2. The highest BCUT2D eigenvalue weighted by Crippen LogP contribution is 2.33. The van der Waals surface area contributed by atoms with Crippen molar-refractivity contribution in [3.8, 4) is 0 Å². The summed E-state index contributed by atoms with van der Waals surface area (Å²) in [5.41, 5.74) is 4.62. The van der Waals surface area contributed by atoms with E-state index >= 15 is 0 Å². The van der Waals surface area contributed by atoms with E-state index < -0.39 is 0 Å². The van der Waals surface area contributed by atoms with Crippen molar-refractivity contribution in [2.45, 2.75) is 59.3 Å². The lowest BCUT2D eigenvalue weighted by Gasteiger charge is -2.25. The predicted octanol–water partition coefficient (Wildman–Crippen LogP) is 2.58. The molecule has 1 amide bonds. The number of likely N-dealkylation sites (tertiary alicyclic amines) is 1. The van der Waals surface area contributed by atoms with Crippen molar-refractivity contribution in [3.05, 3.63) is 47.0 Å². The smallest absolute Gasteiger partial charge is 0.217 e. The maximum absolute atomic E-state index is 11.1. The van der Waals surface area contributed by atoms with Gasteiger partial charge in [-0.3, -0.25) is 19.4 Å². The Morgan fingerprint density at radius 3 is 3.00 bits per heavy atom. The van der Waals surface area contributed by atoms with Gasteiger partial charge in [-0.25, -0.2) is 0 Å². The van der Waals surface area contributed by atoms with Gasteiger partial charge in [-0.2, -0.15) is 5.10 Å². The highest BCUT2D eigenvalue weighted by molar-refractivity contribution is 5.72. The van der Waals surface area contributed by atoms with E-state index in [2.05, 4.69) is 52.5 Å². The largest absolute Gasteiger partial charge is 0.351 e. The van der Waals surface area contributed by atoms with Crippen LogP contribution in [0, 0.1) is 6.92 Å². The quantitative estimate of drug-likeness (QED) is 0.877. The topological polar surface area (TPSA) is 63.1 Å². The summed E-state index contributed by atoms with van der Waals surface area (Å²) in [4.78, 5) is 18.0. The number of carbonyl (C=O) groups excluding carboxylic acids is 1. The molecule has 1 aliphatic heterocycles. The van der Waals surface area contributed by atoms with E-state index in [4.69, 9.17) is 0 Å². The van der Waals surface area contributed by atoms with Crippen molar-refractivity contribution < 1.29 is 4.79 Å². The van der Waals surface area contributed by atoms with Gasteiger partial charge in [-0.1, -0.05) is 0 Å². The number of hydrogen-bond donors (Lipinski definition) is 1. The van der Waals surface area contributed by atoms with Crippen molar-refractivity contribution in [3.63, 3.8) is 0 Å². The molecule has 0 aromatic carbocycles. The van der Waals surface area contributed by atoms with Crippen LogP contribution in [0.1, 0.15) is 55.2 Å². The van der Waals surface area contributed by atoms with E-state index in [1.807, 2.05) is 10.9 Å². The molecule has 0 aliphatic carbocycles. The van der Waals surface area contributed by atoms with Crippen LogP contribution < -0.4 is 5.32 Å². The van der Waals surface area contributed by atoms with Gasteiger partial charge in [-0.05, 0) is 50.9 Å². The SMILES string of the molecule is CCn1cc(CN2CCC[C@@H]2c2ccnc(CNC(C)=O)c2)c(C)n1. The molecule has 1 atom stereocenters. The molecule has 134 valence electrons. The zero-order valence-electron chi connectivity index (χ0n) is 15.3. The summed E-state index contributed by atoms with van der Waals surface area (Å²) >= 11 is 0. The molecule has 0 radical (unpaired) electrons. The molecule has 6 nitrogen and oxygen atoms in total. The van der Waals surface area contributed by atoms with Crippen molar-refractivity contribution in [1.82, 2.24) is 25.0 Å². The van der Waals surface area contributed by atoms with E-state index in [9.17, 15) is 4.79 Å². The number of aromatic nitrogens is 3. The third-order valence-corrected chi connectivity index (χ3v) is 4.85.